The Bertz CT molecular complexity index is 2650. The third kappa shape index (κ3) is 16.5. The lowest BCUT2D eigenvalue weighted by Gasteiger charge is -2.28. The smallest absolute Gasteiger partial charge is 0.368 e. The molecule has 2 atom stereocenters. The van der Waals surface area contributed by atoms with Crippen LogP contribution in [0.3, 0.4) is 0 Å². The molecule has 0 spiro atoms. The lowest BCUT2D eigenvalue weighted by molar-refractivity contribution is -0.386. The summed E-state index contributed by atoms with van der Waals surface area (Å²) in [5.41, 5.74) is 9.50. The number of nitro groups is 1. The lowest BCUT2D eigenvalue weighted by atomic mass is 10.0. The van der Waals surface area contributed by atoms with Crippen LogP contribution < -0.4 is 15.2 Å². The Morgan fingerprint density at radius 1 is 0.609 bits per heavy atom. The molecule has 69 heavy (non-hydrogen) atoms. The molecule has 0 radical (unpaired) electrons. The van der Waals surface area contributed by atoms with E-state index in [2.05, 4.69) is 0 Å². The van der Waals surface area contributed by atoms with Gasteiger partial charge in [0.15, 0.2) is 18.4 Å². The number of nitrogens with zero attached hydrogens (tertiary/aromatic N) is 2. The van der Waals surface area contributed by atoms with Crippen molar-refractivity contribution in [2.75, 3.05) is 25.8 Å². The molecule has 16 nitrogen and oxygen atoms in total. The predicted octanol–water partition coefficient (Wildman–Crippen LogP) is 10.1. The van der Waals surface area contributed by atoms with Crippen molar-refractivity contribution in [1.82, 2.24) is 4.31 Å². The number of hydrogen-bond acceptors (Lipinski definition) is 14. The fraction of sp³-hybridized carbons (Fsp3) is 0.280. The molecule has 0 amide bonds. The van der Waals surface area contributed by atoms with Crippen LogP contribution >= 0.6 is 15.2 Å². The molecule has 19 heteroatoms. The zero-order valence-electron chi connectivity index (χ0n) is 38.3. The third-order valence-corrected chi connectivity index (χ3v) is 15.3. The monoisotopic (exact) mass is 1000 g/mol. The summed E-state index contributed by atoms with van der Waals surface area (Å²) in [6, 6.07) is 45.4. The normalized spacial score (nSPS) is 13.0. The summed E-state index contributed by atoms with van der Waals surface area (Å²) in [7, 11) is -12.3. The number of hydrogen-bond donors (Lipinski definition) is 2. The summed E-state index contributed by atoms with van der Waals surface area (Å²) in [5.74, 6) is -0.195. The maximum atomic E-state index is 14.2. The van der Waals surface area contributed by atoms with Gasteiger partial charge in [-0.2, -0.15) is 4.31 Å². The van der Waals surface area contributed by atoms with Crippen LogP contribution in [0.1, 0.15) is 41.7 Å². The molecule has 0 aliphatic rings. The van der Waals surface area contributed by atoms with Crippen molar-refractivity contribution in [3.05, 3.63) is 202 Å². The summed E-state index contributed by atoms with van der Waals surface area (Å²) < 4.78 is 92.0. The van der Waals surface area contributed by atoms with Gasteiger partial charge in [-0.1, -0.05) is 147 Å². The zero-order chi connectivity index (χ0) is 49.3. The second-order valence-electron chi connectivity index (χ2n) is 16.5. The Morgan fingerprint density at radius 3 is 1.43 bits per heavy atom. The number of aliphatic hydroxyl groups is 1. The molecule has 0 aliphatic carbocycles. The Kier molecular flexibility index (Phi) is 19.4. The molecular formula is C50H57N3O13P2S. The Morgan fingerprint density at radius 2 is 1.03 bits per heavy atom. The molecule has 0 aromatic heterocycles. The van der Waals surface area contributed by atoms with Crippen LogP contribution in [0.2, 0.25) is 0 Å². The maximum Gasteiger partial charge on any atom is 0.368 e. The summed E-state index contributed by atoms with van der Waals surface area (Å²) >= 11 is 0. The highest BCUT2D eigenvalue weighted by Gasteiger charge is 2.34. The van der Waals surface area contributed by atoms with Gasteiger partial charge >= 0.3 is 20.9 Å². The van der Waals surface area contributed by atoms with Crippen molar-refractivity contribution in [2.24, 2.45) is 11.7 Å². The van der Waals surface area contributed by atoms with Crippen LogP contribution in [0.25, 0.3) is 0 Å². The minimum absolute atomic E-state index is 0.0428. The van der Waals surface area contributed by atoms with Crippen LogP contribution in [0, 0.1) is 16.0 Å². The van der Waals surface area contributed by atoms with Gasteiger partial charge in [-0.3, -0.25) is 19.2 Å². The van der Waals surface area contributed by atoms with Crippen LogP contribution in [0.4, 0.5) is 5.69 Å². The van der Waals surface area contributed by atoms with E-state index in [-0.39, 0.29) is 57.4 Å². The Balaban J connectivity index is 1.09. The fourth-order valence-electron chi connectivity index (χ4n) is 6.74. The summed E-state index contributed by atoms with van der Waals surface area (Å²) in [5, 5.41) is 23.7. The number of nitrogens with two attached hydrogens (primary N) is 1. The first kappa shape index (κ1) is 52.8. The molecule has 0 saturated heterocycles. The van der Waals surface area contributed by atoms with Gasteiger partial charge < -0.3 is 38.4 Å². The van der Waals surface area contributed by atoms with Crippen LogP contribution in [-0.2, 0) is 70.1 Å². The SMILES string of the molecule is CC(C)CN(C[C@@H](O)[C@@H](N)Cc1ccc(OCP(=O)(OCc2ccccc2)OCc2ccccc2)cc1)S(=O)(=O)c1ccc(OCP(=O)(OCc2ccccc2)OCc2ccccc2)c([N+](=O)[O-])c1. The second-order valence-corrected chi connectivity index (χ2v) is 22.4. The van der Waals surface area contributed by atoms with Crippen molar-refractivity contribution in [1.29, 1.82) is 0 Å². The van der Waals surface area contributed by atoms with Gasteiger partial charge in [-0.05, 0) is 64.4 Å². The van der Waals surface area contributed by atoms with Gasteiger partial charge in [0.2, 0.25) is 10.0 Å². The van der Waals surface area contributed by atoms with Crippen LogP contribution in [0.5, 0.6) is 11.5 Å². The molecule has 0 saturated carbocycles. The molecule has 6 aromatic rings. The third-order valence-electron chi connectivity index (χ3n) is 10.5. The van der Waals surface area contributed by atoms with Crippen molar-refractivity contribution in [3.8, 4) is 11.5 Å². The first-order valence-electron chi connectivity index (χ1n) is 22.1. The molecule has 0 fully saturated rings. The molecule has 366 valence electrons. The topological polar surface area (TPSA) is 216 Å². The van der Waals surface area contributed by atoms with Crippen molar-refractivity contribution >= 4 is 30.9 Å². The highest BCUT2D eigenvalue weighted by atomic mass is 32.2. The van der Waals surface area contributed by atoms with E-state index >= 15 is 0 Å². The Hall–Kier alpha value is -5.55. The van der Waals surface area contributed by atoms with E-state index in [4.69, 9.17) is 33.3 Å². The maximum absolute atomic E-state index is 14.2. The van der Waals surface area contributed by atoms with Gasteiger partial charge in [-0.15, -0.1) is 0 Å². The molecule has 0 unspecified atom stereocenters. The number of sulfonamides is 1. The van der Waals surface area contributed by atoms with Crippen LogP contribution in [-0.4, -0.2) is 60.7 Å². The largest absolute Gasteiger partial charge is 0.481 e. The minimum atomic E-state index is -4.46. The molecule has 0 bridgehead atoms. The zero-order valence-corrected chi connectivity index (χ0v) is 40.9. The van der Waals surface area contributed by atoms with E-state index in [0.29, 0.717) is 22.4 Å². The number of benzene rings is 6. The number of rotatable bonds is 28. The van der Waals surface area contributed by atoms with E-state index in [9.17, 15) is 32.8 Å². The predicted molar refractivity (Wildman–Crippen MR) is 262 cm³/mol. The van der Waals surface area contributed by atoms with E-state index in [1.54, 1.807) is 86.6 Å². The minimum Gasteiger partial charge on any atom is -0.481 e. The van der Waals surface area contributed by atoms with E-state index in [0.717, 1.165) is 33.6 Å². The average Bonchev–Trinajstić information content (AvgIpc) is 3.36. The summed E-state index contributed by atoms with van der Waals surface area (Å²) in [6.45, 7) is 3.03. The molecular weight excluding hydrogens is 945 g/mol. The number of aliphatic hydroxyl groups excluding tert-OH is 1. The highest BCUT2D eigenvalue weighted by molar-refractivity contribution is 7.89. The quantitative estimate of drug-likeness (QED) is 0.0266. The van der Waals surface area contributed by atoms with Gasteiger partial charge in [0.05, 0.1) is 42.4 Å². The van der Waals surface area contributed by atoms with E-state index in [1.165, 1.54) is 0 Å². The second kappa shape index (κ2) is 25.3. The van der Waals surface area contributed by atoms with E-state index < -0.39 is 65.8 Å². The lowest BCUT2D eigenvalue weighted by Crippen LogP contribution is -2.47. The highest BCUT2D eigenvalue weighted by Crippen LogP contribution is 2.51. The van der Waals surface area contributed by atoms with E-state index in [1.807, 2.05) is 72.8 Å². The molecule has 0 heterocycles. The fourth-order valence-corrected chi connectivity index (χ4v) is 10.8. The van der Waals surface area contributed by atoms with Crippen molar-refractivity contribution < 1.29 is 55.1 Å². The van der Waals surface area contributed by atoms with Gasteiger partial charge in [0, 0.05) is 25.2 Å². The number of nitro benzene ring substituents is 1. The molecule has 6 rings (SSSR count). The summed E-state index contributed by atoms with van der Waals surface area (Å²) in [4.78, 5) is 11.2. The van der Waals surface area contributed by atoms with Gasteiger partial charge in [0.1, 0.15) is 5.75 Å². The Labute approximate surface area is 403 Å². The number of ether oxygens (including phenoxy) is 2. The molecule has 6 aromatic carbocycles. The molecule has 3 N–H and O–H groups in total. The van der Waals surface area contributed by atoms with Crippen molar-refractivity contribution in [2.45, 2.75) is 63.7 Å². The van der Waals surface area contributed by atoms with Crippen LogP contribution in [0.15, 0.2) is 169 Å². The summed E-state index contributed by atoms with van der Waals surface area (Å²) in [6.07, 6.45) is -2.29. The first-order valence-corrected chi connectivity index (χ1v) is 27.0. The average molecular weight is 1000 g/mol. The van der Waals surface area contributed by atoms with Crippen molar-refractivity contribution in [3.63, 3.8) is 0 Å². The molecule has 0 aliphatic heterocycles. The standard InChI is InChI=1S/C50H57N3O13P2S/c1-39(2)31-52(32-49(54)47(51)29-40-23-25-45(26-24-40)61-37-67(57,63-33-41-15-7-3-8-16-41)64-34-42-17-9-4-10-18-42)69(59,60)46-27-28-50(48(30-46)53(55)56)62-38-68(58,65-35-43-19-11-5-12-20-43)66-36-44-21-13-6-14-22-44/h3-28,30,39,47,49,54H,29,31-38,51H2,1-2H3/t47-,49+/m0/s1. The first-order chi connectivity index (χ1) is 33.1. The van der Waals surface area contributed by atoms with Gasteiger partial charge in [-0.25, -0.2) is 8.42 Å². The van der Waals surface area contributed by atoms with Gasteiger partial charge in [0.25, 0.3) is 0 Å².